The maximum atomic E-state index is 12.6. The predicted molar refractivity (Wildman–Crippen MR) is 86.2 cm³/mol. The van der Waals surface area contributed by atoms with Crippen LogP contribution in [0.5, 0.6) is 0 Å². The summed E-state index contributed by atoms with van der Waals surface area (Å²) >= 11 is 0. The van der Waals surface area contributed by atoms with Gasteiger partial charge in [-0.1, -0.05) is 39.0 Å². The van der Waals surface area contributed by atoms with Gasteiger partial charge < -0.3 is 10.2 Å². The van der Waals surface area contributed by atoms with Crippen molar-refractivity contribution in [3.63, 3.8) is 0 Å². The molecule has 3 rings (SSSR count). The van der Waals surface area contributed by atoms with Gasteiger partial charge in [0, 0.05) is 18.3 Å². The molecule has 1 aliphatic carbocycles. The van der Waals surface area contributed by atoms with E-state index in [4.69, 9.17) is 0 Å². The number of nitrogens with one attached hydrogen (secondary N) is 1. The van der Waals surface area contributed by atoms with E-state index in [1.54, 1.807) is 0 Å². The standard InChI is InChI=1S/C18H26N2O/c1-17(2)9-15-10-18(3,12-17)13-20(15)16(21)11-19-14-7-5-4-6-8-14/h4-8,15,19H,9-13H2,1-3H3. The van der Waals surface area contributed by atoms with E-state index in [2.05, 4.69) is 31.0 Å². The van der Waals surface area contributed by atoms with E-state index in [0.717, 1.165) is 18.7 Å². The van der Waals surface area contributed by atoms with Gasteiger partial charge in [-0.15, -0.1) is 0 Å². The van der Waals surface area contributed by atoms with Crippen LogP contribution in [0.1, 0.15) is 40.0 Å². The van der Waals surface area contributed by atoms with Gasteiger partial charge in [-0.25, -0.2) is 0 Å². The molecule has 21 heavy (non-hydrogen) atoms. The van der Waals surface area contributed by atoms with Crippen LogP contribution < -0.4 is 5.32 Å². The van der Waals surface area contributed by atoms with Gasteiger partial charge in [0.15, 0.2) is 0 Å². The fraction of sp³-hybridized carbons (Fsp3) is 0.611. The molecule has 2 unspecified atom stereocenters. The van der Waals surface area contributed by atoms with Crippen LogP contribution in [0.25, 0.3) is 0 Å². The van der Waals surface area contributed by atoms with E-state index in [9.17, 15) is 4.79 Å². The van der Waals surface area contributed by atoms with Gasteiger partial charge in [0.25, 0.3) is 0 Å². The molecule has 2 atom stereocenters. The summed E-state index contributed by atoms with van der Waals surface area (Å²) in [6.45, 7) is 8.35. The van der Waals surface area contributed by atoms with Crippen LogP contribution in [-0.2, 0) is 4.79 Å². The second-order valence-electron chi connectivity index (χ2n) is 7.95. The molecular formula is C18H26N2O. The minimum atomic E-state index is 0.241. The fourth-order valence-electron chi connectivity index (χ4n) is 4.59. The average Bonchev–Trinajstić information content (AvgIpc) is 2.66. The topological polar surface area (TPSA) is 32.3 Å². The van der Waals surface area contributed by atoms with Crippen LogP contribution in [0.15, 0.2) is 30.3 Å². The third-order valence-electron chi connectivity index (χ3n) is 4.95. The molecule has 1 heterocycles. The van der Waals surface area contributed by atoms with Gasteiger partial charge in [0.05, 0.1) is 6.54 Å². The van der Waals surface area contributed by atoms with Crippen LogP contribution in [0, 0.1) is 10.8 Å². The first-order valence-electron chi connectivity index (χ1n) is 7.95. The largest absolute Gasteiger partial charge is 0.376 e. The summed E-state index contributed by atoms with van der Waals surface area (Å²) in [6.07, 6.45) is 3.54. The zero-order chi connectivity index (χ0) is 15.1. The van der Waals surface area contributed by atoms with Crippen molar-refractivity contribution in [2.75, 3.05) is 18.4 Å². The first-order valence-corrected chi connectivity index (χ1v) is 7.95. The zero-order valence-corrected chi connectivity index (χ0v) is 13.4. The van der Waals surface area contributed by atoms with Crippen LogP contribution in [0.3, 0.4) is 0 Å². The van der Waals surface area contributed by atoms with E-state index < -0.39 is 0 Å². The van der Waals surface area contributed by atoms with Crippen molar-refractivity contribution in [2.24, 2.45) is 10.8 Å². The lowest BCUT2D eigenvalue weighted by Crippen LogP contribution is -2.40. The molecule has 0 aromatic heterocycles. The van der Waals surface area contributed by atoms with Gasteiger partial charge >= 0.3 is 0 Å². The Hall–Kier alpha value is -1.51. The number of hydrogen-bond acceptors (Lipinski definition) is 2. The molecule has 0 radical (unpaired) electrons. The predicted octanol–water partition coefficient (Wildman–Crippen LogP) is 3.53. The molecule has 2 fully saturated rings. The summed E-state index contributed by atoms with van der Waals surface area (Å²) in [4.78, 5) is 14.7. The van der Waals surface area contributed by atoms with E-state index >= 15 is 0 Å². The number of carbonyl (C=O) groups is 1. The Morgan fingerprint density at radius 2 is 1.95 bits per heavy atom. The Morgan fingerprint density at radius 3 is 2.67 bits per heavy atom. The summed E-state index contributed by atoms with van der Waals surface area (Å²) in [6, 6.07) is 10.4. The lowest BCUT2D eigenvalue weighted by molar-refractivity contribution is -0.130. The number of likely N-dealkylation sites (tertiary alicyclic amines) is 1. The normalized spacial score (nSPS) is 30.2. The Kier molecular flexibility index (Phi) is 3.46. The van der Waals surface area contributed by atoms with Gasteiger partial charge in [0.1, 0.15) is 0 Å². The van der Waals surface area contributed by atoms with Crippen LogP contribution >= 0.6 is 0 Å². The Morgan fingerprint density at radius 1 is 1.24 bits per heavy atom. The number of rotatable bonds is 3. The molecule has 1 N–H and O–H groups in total. The maximum absolute atomic E-state index is 12.6. The van der Waals surface area contributed by atoms with Crippen LogP contribution in [0.2, 0.25) is 0 Å². The molecule has 114 valence electrons. The van der Waals surface area contributed by atoms with Crippen molar-refractivity contribution >= 4 is 11.6 Å². The van der Waals surface area contributed by atoms with Crippen molar-refractivity contribution in [3.05, 3.63) is 30.3 Å². The van der Waals surface area contributed by atoms with Crippen molar-refractivity contribution in [1.82, 2.24) is 4.90 Å². The van der Waals surface area contributed by atoms with Crippen molar-refractivity contribution in [3.8, 4) is 0 Å². The smallest absolute Gasteiger partial charge is 0.242 e. The maximum Gasteiger partial charge on any atom is 0.242 e. The molecule has 0 spiro atoms. The highest BCUT2D eigenvalue weighted by atomic mass is 16.2. The highest BCUT2D eigenvalue weighted by Gasteiger charge is 2.50. The summed E-state index contributed by atoms with van der Waals surface area (Å²) < 4.78 is 0. The summed E-state index contributed by atoms with van der Waals surface area (Å²) in [5.74, 6) is 0.241. The fourth-order valence-corrected chi connectivity index (χ4v) is 4.59. The zero-order valence-electron chi connectivity index (χ0n) is 13.4. The van der Waals surface area contributed by atoms with E-state index in [-0.39, 0.29) is 5.91 Å². The third kappa shape index (κ3) is 3.07. The second-order valence-corrected chi connectivity index (χ2v) is 7.95. The van der Waals surface area contributed by atoms with Crippen molar-refractivity contribution in [2.45, 2.75) is 46.1 Å². The minimum absolute atomic E-state index is 0.241. The minimum Gasteiger partial charge on any atom is -0.376 e. The van der Waals surface area contributed by atoms with E-state index in [1.165, 1.54) is 12.8 Å². The number of para-hydroxylation sites is 1. The summed E-state index contributed by atoms with van der Waals surface area (Å²) in [5.41, 5.74) is 1.69. The molecule has 1 aliphatic heterocycles. The summed E-state index contributed by atoms with van der Waals surface area (Å²) in [7, 11) is 0. The third-order valence-corrected chi connectivity index (χ3v) is 4.95. The van der Waals surface area contributed by atoms with Crippen LogP contribution in [-0.4, -0.2) is 29.9 Å². The highest BCUT2D eigenvalue weighted by Crippen LogP contribution is 2.52. The number of nitrogens with zero attached hydrogens (tertiary/aromatic N) is 1. The highest BCUT2D eigenvalue weighted by molar-refractivity contribution is 5.81. The lowest BCUT2D eigenvalue weighted by Gasteiger charge is -2.39. The van der Waals surface area contributed by atoms with E-state index in [0.29, 0.717) is 23.4 Å². The average molecular weight is 286 g/mol. The molecule has 2 bridgehead atoms. The summed E-state index contributed by atoms with van der Waals surface area (Å²) in [5, 5.41) is 3.24. The van der Waals surface area contributed by atoms with E-state index in [1.807, 2.05) is 30.3 Å². The SMILES string of the molecule is CC1(C)CC2CC(C)(CN2C(=O)CNc2ccccc2)C1. The molecule has 2 aliphatic rings. The first kappa shape index (κ1) is 14.4. The molecule has 1 aromatic carbocycles. The quantitative estimate of drug-likeness (QED) is 0.922. The molecule has 3 heteroatoms. The molecule has 1 saturated heterocycles. The Balaban J connectivity index is 1.64. The molecule has 1 aromatic rings. The number of fused-ring (bicyclic) bond motifs is 2. The number of carbonyl (C=O) groups excluding carboxylic acids is 1. The Bertz CT molecular complexity index is 525. The number of hydrogen-bond donors (Lipinski definition) is 1. The van der Waals surface area contributed by atoms with Gasteiger partial charge in [-0.05, 0) is 42.2 Å². The number of amides is 1. The Labute approximate surface area is 127 Å². The lowest BCUT2D eigenvalue weighted by atomic mass is 9.65. The van der Waals surface area contributed by atoms with Crippen molar-refractivity contribution < 1.29 is 4.79 Å². The first-order chi connectivity index (χ1) is 9.87. The van der Waals surface area contributed by atoms with Gasteiger partial charge in [-0.3, -0.25) is 4.79 Å². The van der Waals surface area contributed by atoms with Gasteiger partial charge in [0.2, 0.25) is 5.91 Å². The monoisotopic (exact) mass is 286 g/mol. The van der Waals surface area contributed by atoms with Crippen LogP contribution in [0.4, 0.5) is 5.69 Å². The molecule has 1 amide bonds. The molecule has 3 nitrogen and oxygen atoms in total. The molecular weight excluding hydrogens is 260 g/mol. The number of benzene rings is 1. The second kappa shape index (κ2) is 5.04. The van der Waals surface area contributed by atoms with Gasteiger partial charge in [-0.2, -0.15) is 0 Å². The number of anilines is 1. The van der Waals surface area contributed by atoms with Crippen molar-refractivity contribution in [1.29, 1.82) is 0 Å². The molecule has 1 saturated carbocycles.